The highest BCUT2D eigenvalue weighted by molar-refractivity contribution is 7.90. The van der Waals surface area contributed by atoms with Crippen LogP contribution >= 0.6 is 0 Å². The average molecular weight is 1130 g/mol. The van der Waals surface area contributed by atoms with Gasteiger partial charge in [0.2, 0.25) is 0 Å². The van der Waals surface area contributed by atoms with Crippen molar-refractivity contribution in [2.24, 2.45) is 11.3 Å². The van der Waals surface area contributed by atoms with Crippen LogP contribution in [0.5, 0.6) is 23.1 Å². The van der Waals surface area contributed by atoms with E-state index in [4.69, 9.17) is 14.2 Å². The van der Waals surface area contributed by atoms with Gasteiger partial charge in [-0.25, -0.2) is 27.5 Å². The molecule has 6 aromatic rings. The second-order valence-electron chi connectivity index (χ2n) is 23.6. The molecule has 5 heterocycles. The van der Waals surface area contributed by atoms with E-state index in [2.05, 4.69) is 89.9 Å². The minimum Gasteiger partial charge on any atom is -0.758 e. The number of fused-ring (bicyclic) bond motifs is 2. The van der Waals surface area contributed by atoms with Gasteiger partial charge in [0, 0.05) is 88.1 Å². The van der Waals surface area contributed by atoms with Crippen molar-refractivity contribution in [1.29, 1.82) is 0 Å². The number of rotatable bonds is 18. The molecule has 81 heavy (non-hydrogen) atoms. The van der Waals surface area contributed by atoms with Gasteiger partial charge < -0.3 is 44.8 Å². The van der Waals surface area contributed by atoms with E-state index in [0.717, 1.165) is 89.4 Å². The summed E-state index contributed by atoms with van der Waals surface area (Å²) in [5.41, 5.74) is 5.69. The van der Waals surface area contributed by atoms with E-state index in [1.165, 1.54) is 48.3 Å². The molecule has 4 aromatic carbocycles. The van der Waals surface area contributed by atoms with Crippen LogP contribution < -0.4 is 34.2 Å². The van der Waals surface area contributed by atoms with Gasteiger partial charge in [0.15, 0.2) is 5.75 Å². The standard InChI is InChI=1S/C62H75FN9O8S/c1-7-79-60-54(31-47-49(63)18-19-50(47)67-60)80-53-30-42(14-17-46(53)59(73)68-81(76,77)55-32-52(69(5)75)56(58-57(55)65-38-66-58)64-33-40-20-23-61(4,74)24-21-40)71-28-25-62(26-29-71)36-72(37-62)51-22-27-70(34-41-12-15-43(78-6)16-13-41)35-48(51)45-11-9-8-10-44(45)39(2)3/h8-18,30-32,38-40,48,51,64,74H,7,19-29,33-37H2,1-6H3,(H,65,66)(H,68,73)/q-1. The number of carbonyl (C=O) groups is 1. The molecule has 2 atom stereocenters. The van der Waals surface area contributed by atoms with E-state index in [-0.39, 0.29) is 74.5 Å². The second-order valence-corrected chi connectivity index (χ2v) is 25.3. The van der Waals surface area contributed by atoms with Crippen LogP contribution in [-0.4, -0.2) is 122 Å². The monoisotopic (exact) mass is 1120 g/mol. The van der Waals surface area contributed by atoms with Crippen molar-refractivity contribution >= 4 is 49.9 Å². The molecule has 2 aromatic heterocycles. The van der Waals surface area contributed by atoms with Crippen LogP contribution in [0.4, 0.5) is 21.5 Å². The number of hydrogen-bond acceptors (Lipinski definition) is 15. The molecule has 0 bridgehead atoms. The van der Waals surface area contributed by atoms with Gasteiger partial charge in [0.25, 0.3) is 21.8 Å². The predicted octanol–water partition coefficient (Wildman–Crippen LogP) is 10.5. The van der Waals surface area contributed by atoms with Crippen molar-refractivity contribution in [2.45, 2.75) is 114 Å². The number of hydroxylamine groups is 1. The Morgan fingerprint density at radius 3 is 2.46 bits per heavy atom. The summed E-state index contributed by atoms with van der Waals surface area (Å²) in [7, 11) is -1.74. The van der Waals surface area contributed by atoms with Gasteiger partial charge in [-0.15, -0.1) is 0 Å². The van der Waals surface area contributed by atoms with Crippen molar-refractivity contribution in [1.82, 2.24) is 29.5 Å². The fraction of sp³-hybridized carbons (Fsp3) is 0.468. The van der Waals surface area contributed by atoms with Crippen molar-refractivity contribution < 1.29 is 36.9 Å². The number of methoxy groups -OCH3 is 1. The highest BCUT2D eigenvalue weighted by Gasteiger charge is 2.50. The number of nitrogens with zero attached hydrogens (tertiary/aromatic N) is 6. The average Bonchev–Trinajstić information content (AvgIpc) is 4.10. The summed E-state index contributed by atoms with van der Waals surface area (Å²) in [5, 5.41) is 27.6. The summed E-state index contributed by atoms with van der Waals surface area (Å²) in [5.74, 6) is 0.572. The molecular weight excluding hydrogens is 1050 g/mol. The zero-order valence-corrected chi connectivity index (χ0v) is 48.1. The number of aliphatic hydroxyl groups is 1. The third-order valence-electron chi connectivity index (χ3n) is 17.7. The Kier molecular flexibility index (Phi) is 15.8. The van der Waals surface area contributed by atoms with Crippen LogP contribution in [-0.2, 0) is 23.0 Å². The zero-order chi connectivity index (χ0) is 56.8. The number of H-pyrrole nitrogens is 1. The molecule has 4 N–H and O–H groups in total. The van der Waals surface area contributed by atoms with E-state index in [9.17, 15) is 23.5 Å². The Morgan fingerprint density at radius 1 is 0.988 bits per heavy atom. The Labute approximate surface area is 474 Å². The van der Waals surface area contributed by atoms with Crippen LogP contribution in [0.25, 0.3) is 16.9 Å². The lowest BCUT2D eigenvalue weighted by molar-refractivity contribution is -0.0686. The van der Waals surface area contributed by atoms with Crippen molar-refractivity contribution in [3.63, 3.8) is 0 Å². The first kappa shape index (κ1) is 56.1. The van der Waals surface area contributed by atoms with E-state index >= 15 is 4.39 Å². The lowest BCUT2D eigenvalue weighted by atomic mass is 9.69. The molecule has 4 fully saturated rings. The third-order valence-corrected chi connectivity index (χ3v) is 19.1. The van der Waals surface area contributed by atoms with Crippen LogP contribution in [0, 0.1) is 16.5 Å². The molecule has 5 aliphatic rings. The molecule has 2 unspecified atom stereocenters. The molecule has 0 radical (unpaired) electrons. The number of likely N-dealkylation sites (tertiary alicyclic amines) is 2. The first-order valence-electron chi connectivity index (χ1n) is 28.6. The molecule has 2 aliphatic carbocycles. The SMILES string of the molecule is CCOc1nc2c(cc1Oc1cc(N3CCC4(CC3)CN(C3CCN(Cc5ccc(OC)cc5)CC3c3ccccc3C(C)C)C4)ccc1C(=O)NS(=O)(=O)c1cc(N(C)[O-])c(NCC3CCC(C)(O)CC3)c3[nH]cnc13)C(F)=CC2. The van der Waals surface area contributed by atoms with Gasteiger partial charge in [-0.05, 0) is 142 Å². The summed E-state index contributed by atoms with van der Waals surface area (Å²) in [6, 6.07) is 25.6. The number of allylic oxidation sites excluding steroid dienone is 1. The number of hydrogen-bond donors (Lipinski definition) is 4. The fourth-order valence-electron chi connectivity index (χ4n) is 13.1. The number of sulfonamides is 1. The fourth-order valence-corrected chi connectivity index (χ4v) is 14.3. The van der Waals surface area contributed by atoms with Crippen molar-refractivity contribution in [3.8, 4) is 23.1 Å². The van der Waals surface area contributed by atoms with Gasteiger partial charge in [-0.3, -0.25) is 14.6 Å². The molecule has 11 rings (SSSR count). The number of aromatic amines is 1. The number of carbonyl (C=O) groups excluding carboxylic acids is 1. The van der Waals surface area contributed by atoms with Crippen LogP contribution in [0.2, 0.25) is 0 Å². The number of nitrogens with one attached hydrogen (secondary N) is 3. The third kappa shape index (κ3) is 11.7. The van der Waals surface area contributed by atoms with Crippen molar-refractivity contribution in [3.05, 3.63) is 130 Å². The summed E-state index contributed by atoms with van der Waals surface area (Å²) < 4.78 is 64.4. The summed E-state index contributed by atoms with van der Waals surface area (Å²) in [4.78, 5) is 33.8. The van der Waals surface area contributed by atoms with E-state index in [1.807, 2.05) is 19.1 Å². The van der Waals surface area contributed by atoms with Crippen LogP contribution in [0.15, 0.2) is 96.2 Å². The van der Waals surface area contributed by atoms with Gasteiger partial charge in [0.1, 0.15) is 27.7 Å². The molecule has 3 aliphatic heterocycles. The van der Waals surface area contributed by atoms with E-state index in [0.29, 0.717) is 53.7 Å². The first-order chi connectivity index (χ1) is 38.9. The summed E-state index contributed by atoms with van der Waals surface area (Å²) in [6.45, 7) is 15.3. The maximum atomic E-state index is 15.2. The molecule has 19 heteroatoms. The van der Waals surface area contributed by atoms with Crippen molar-refractivity contribution in [2.75, 3.05) is 81.9 Å². The maximum absolute atomic E-state index is 15.2. The van der Waals surface area contributed by atoms with E-state index < -0.39 is 27.4 Å². The molecule has 1 amide bonds. The number of anilines is 3. The number of benzene rings is 4. The minimum absolute atomic E-state index is 0.0140. The maximum Gasteiger partial charge on any atom is 0.268 e. The normalized spacial score (nSPS) is 22.1. The smallest absolute Gasteiger partial charge is 0.268 e. The molecule has 3 saturated heterocycles. The van der Waals surface area contributed by atoms with Crippen LogP contribution in [0.3, 0.4) is 0 Å². The number of halogens is 1. The lowest BCUT2D eigenvalue weighted by Crippen LogP contribution is -2.65. The molecule has 1 saturated carbocycles. The summed E-state index contributed by atoms with van der Waals surface area (Å²) in [6.07, 6.45) is 8.91. The van der Waals surface area contributed by atoms with Gasteiger partial charge in [0.05, 0.1) is 53.8 Å². The first-order valence-corrected chi connectivity index (χ1v) is 30.1. The Morgan fingerprint density at radius 2 is 1.74 bits per heavy atom. The quantitative estimate of drug-likeness (QED) is 0.0592. The number of piperidine rings is 2. The van der Waals surface area contributed by atoms with Gasteiger partial charge in [-0.2, -0.15) is 0 Å². The van der Waals surface area contributed by atoms with Gasteiger partial charge in [-0.1, -0.05) is 50.2 Å². The van der Waals surface area contributed by atoms with Crippen LogP contribution in [0.1, 0.15) is 123 Å². The molecule has 1 spiro atoms. The highest BCUT2D eigenvalue weighted by atomic mass is 32.2. The van der Waals surface area contributed by atoms with E-state index in [1.54, 1.807) is 32.2 Å². The predicted molar refractivity (Wildman–Crippen MR) is 314 cm³/mol. The number of aromatic nitrogens is 3. The topological polar surface area (TPSA) is 201 Å². The number of ether oxygens (including phenoxy) is 3. The second kappa shape index (κ2) is 22.9. The Balaban J connectivity index is 0.831. The Hall–Kier alpha value is -6.77. The number of amides is 1. The largest absolute Gasteiger partial charge is 0.758 e. The molecule has 430 valence electrons. The number of imidazole rings is 1. The minimum atomic E-state index is -4.72. The van der Waals surface area contributed by atoms with Gasteiger partial charge >= 0.3 is 0 Å². The Bertz CT molecular complexity index is 3410. The lowest BCUT2D eigenvalue weighted by Gasteiger charge is -2.59. The summed E-state index contributed by atoms with van der Waals surface area (Å²) >= 11 is 0. The highest BCUT2D eigenvalue weighted by Crippen LogP contribution is 2.48. The zero-order valence-electron chi connectivity index (χ0n) is 47.3. The molecular formula is C62H75FN9O8S-. The molecule has 17 nitrogen and oxygen atoms in total. The number of pyridine rings is 1.